The van der Waals surface area contributed by atoms with Crippen LogP contribution in [0.25, 0.3) is 0 Å². The van der Waals surface area contributed by atoms with Crippen molar-refractivity contribution in [2.75, 3.05) is 25.1 Å². The number of anilines is 1. The number of rotatable bonds is 3. The Bertz CT molecular complexity index is 447. The van der Waals surface area contributed by atoms with Crippen molar-refractivity contribution in [1.29, 1.82) is 0 Å². The van der Waals surface area contributed by atoms with Gasteiger partial charge in [0.1, 0.15) is 5.82 Å². The predicted octanol–water partition coefficient (Wildman–Crippen LogP) is 2.03. The second kappa shape index (κ2) is 5.88. The molecule has 0 amide bonds. The molecule has 0 spiro atoms. The molecule has 1 fully saturated rings. The number of ether oxygens (including phenoxy) is 1. The number of aryl methyl sites for hydroxylation is 2. The molecule has 2 heterocycles. The zero-order valence-corrected chi connectivity index (χ0v) is 12.7. The van der Waals surface area contributed by atoms with E-state index < -0.39 is 0 Å². The van der Waals surface area contributed by atoms with Crippen molar-refractivity contribution in [2.24, 2.45) is 0 Å². The lowest BCUT2D eigenvalue weighted by atomic mass is 10.1. The van der Waals surface area contributed by atoms with Gasteiger partial charge in [0.25, 0.3) is 0 Å². The molecule has 0 radical (unpaired) electrons. The van der Waals surface area contributed by atoms with E-state index in [0.29, 0.717) is 6.04 Å². The molecule has 2 unspecified atom stereocenters. The number of hydrogen-bond donors (Lipinski definition) is 1. The number of hydrogen-bond acceptors (Lipinski definition) is 4. The van der Waals surface area contributed by atoms with Gasteiger partial charge in [-0.3, -0.25) is 0 Å². The fraction of sp³-hybridized carbons (Fsp3) is 0.667. The van der Waals surface area contributed by atoms with E-state index in [1.807, 2.05) is 7.05 Å². The van der Waals surface area contributed by atoms with E-state index in [0.717, 1.165) is 31.2 Å². The Kier molecular flexibility index (Phi) is 4.42. The average Bonchev–Trinajstić information content (AvgIpc) is 2.35. The van der Waals surface area contributed by atoms with Crippen LogP contribution in [0, 0.1) is 13.8 Å². The standard InChI is InChI=1S/C15H25N3O/c1-10-6-11(2)17-15(14(10)7-16-5)18-8-13(4)19-9-12(18)3/h6,12-13,16H,7-9H2,1-5H3. The van der Waals surface area contributed by atoms with Gasteiger partial charge in [-0.05, 0) is 46.4 Å². The van der Waals surface area contributed by atoms with Crippen molar-refractivity contribution >= 4 is 5.82 Å². The Morgan fingerprint density at radius 3 is 2.84 bits per heavy atom. The first-order valence-electron chi connectivity index (χ1n) is 7.03. The number of nitrogens with one attached hydrogen (secondary N) is 1. The van der Waals surface area contributed by atoms with Crippen LogP contribution in [0.5, 0.6) is 0 Å². The number of pyridine rings is 1. The fourth-order valence-electron chi connectivity index (χ4n) is 2.67. The number of nitrogens with zero attached hydrogens (tertiary/aromatic N) is 2. The number of morpholine rings is 1. The Morgan fingerprint density at radius 1 is 1.42 bits per heavy atom. The molecule has 1 saturated heterocycles. The van der Waals surface area contributed by atoms with Crippen molar-refractivity contribution in [1.82, 2.24) is 10.3 Å². The zero-order chi connectivity index (χ0) is 14.0. The summed E-state index contributed by atoms with van der Waals surface area (Å²) in [7, 11) is 1.98. The third-order valence-electron chi connectivity index (χ3n) is 3.69. The van der Waals surface area contributed by atoms with E-state index in [1.54, 1.807) is 0 Å². The molecule has 1 aliphatic heterocycles. The van der Waals surface area contributed by atoms with Gasteiger partial charge in [0.15, 0.2) is 0 Å². The van der Waals surface area contributed by atoms with Crippen LogP contribution in [0.1, 0.15) is 30.7 Å². The molecule has 0 bridgehead atoms. The SMILES string of the molecule is CNCc1c(C)cc(C)nc1N1CC(C)OCC1C. The van der Waals surface area contributed by atoms with Crippen LogP contribution in [0.3, 0.4) is 0 Å². The van der Waals surface area contributed by atoms with Gasteiger partial charge in [0.05, 0.1) is 18.8 Å². The highest BCUT2D eigenvalue weighted by Crippen LogP contribution is 2.26. The monoisotopic (exact) mass is 263 g/mol. The first-order valence-corrected chi connectivity index (χ1v) is 7.03. The highest BCUT2D eigenvalue weighted by Gasteiger charge is 2.26. The van der Waals surface area contributed by atoms with Crippen molar-refractivity contribution in [2.45, 2.75) is 46.4 Å². The van der Waals surface area contributed by atoms with E-state index in [4.69, 9.17) is 9.72 Å². The number of aromatic nitrogens is 1. The van der Waals surface area contributed by atoms with Crippen molar-refractivity contribution in [3.8, 4) is 0 Å². The molecule has 106 valence electrons. The van der Waals surface area contributed by atoms with Crippen LogP contribution >= 0.6 is 0 Å². The molecule has 0 saturated carbocycles. The normalized spacial score (nSPS) is 23.7. The molecule has 4 nitrogen and oxygen atoms in total. The largest absolute Gasteiger partial charge is 0.375 e. The summed E-state index contributed by atoms with van der Waals surface area (Å²) in [6.45, 7) is 11.1. The van der Waals surface area contributed by atoms with Gasteiger partial charge in [-0.1, -0.05) is 0 Å². The Hall–Kier alpha value is -1.13. The molecular formula is C15H25N3O. The molecule has 4 heteroatoms. The van der Waals surface area contributed by atoms with Gasteiger partial charge in [-0.2, -0.15) is 0 Å². The lowest BCUT2D eigenvalue weighted by Crippen LogP contribution is -2.48. The van der Waals surface area contributed by atoms with E-state index in [9.17, 15) is 0 Å². The van der Waals surface area contributed by atoms with E-state index in [1.165, 1.54) is 11.1 Å². The highest BCUT2D eigenvalue weighted by atomic mass is 16.5. The fourth-order valence-corrected chi connectivity index (χ4v) is 2.67. The van der Waals surface area contributed by atoms with Gasteiger partial charge >= 0.3 is 0 Å². The maximum Gasteiger partial charge on any atom is 0.134 e. The van der Waals surface area contributed by atoms with Gasteiger partial charge in [-0.15, -0.1) is 0 Å². The topological polar surface area (TPSA) is 37.4 Å². The molecule has 1 N–H and O–H groups in total. The minimum atomic E-state index is 0.265. The molecule has 1 aromatic rings. The summed E-state index contributed by atoms with van der Waals surface area (Å²) in [4.78, 5) is 7.18. The second-order valence-corrected chi connectivity index (χ2v) is 5.56. The lowest BCUT2D eigenvalue weighted by Gasteiger charge is -2.39. The molecule has 1 aliphatic rings. The maximum atomic E-state index is 5.72. The van der Waals surface area contributed by atoms with Crippen molar-refractivity contribution in [3.05, 3.63) is 22.9 Å². The summed E-state index contributed by atoms with van der Waals surface area (Å²) >= 11 is 0. The van der Waals surface area contributed by atoms with Crippen LogP contribution in [0.2, 0.25) is 0 Å². The van der Waals surface area contributed by atoms with Crippen LogP contribution in [-0.2, 0) is 11.3 Å². The third-order valence-corrected chi connectivity index (χ3v) is 3.69. The molecule has 1 aromatic heterocycles. The first-order chi connectivity index (χ1) is 9.02. The molecule has 2 rings (SSSR count). The Labute approximate surface area is 116 Å². The lowest BCUT2D eigenvalue weighted by molar-refractivity contribution is 0.0339. The molecule has 0 aromatic carbocycles. The van der Waals surface area contributed by atoms with Gasteiger partial charge in [0, 0.05) is 24.3 Å². The van der Waals surface area contributed by atoms with E-state index in [-0.39, 0.29) is 6.10 Å². The Balaban J connectivity index is 2.41. The van der Waals surface area contributed by atoms with Gasteiger partial charge in [0.2, 0.25) is 0 Å². The highest BCUT2D eigenvalue weighted by molar-refractivity contribution is 5.52. The van der Waals surface area contributed by atoms with Crippen molar-refractivity contribution < 1.29 is 4.74 Å². The third kappa shape index (κ3) is 3.07. The summed E-state index contributed by atoms with van der Waals surface area (Å²) in [6, 6.07) is 2.53. The van der Waals surface area contributed by atoms with Crippen LogP contribution in [0.4, 0.5) is 5.82 Å². The predicted molar refractivity (Wildman–Crippen MR) is 78.7 cm³/mol. The maximum absolute atomic E-state index is 5.72. The summed E-state index contributed by atoms with van der Waals surface area (Å²) in [5, 5.41) is 3.25. The molecular weight excluding hydrogens is 238 g/mol. The summed E-state index contributed by atoms with van der Waals surface area (Å²) in [5.41, 5.74) is 3.69. The van der Waals surface area contributed by atoms with Gasteiger partial charge < -0.3 is 15.0 Å². The summed E-state index contributed by atoms with van der Waals surface area (Å²) in [5.74, 6) is 1.12. The van der Waals surface area contributed by atoms with Crippen LogP contribution < -0.4 is 10.2 Å². The average molecular weight is 263 g/mol. The van der Waals surface area contributed by atoms with E-state index in [2.05, 4.69) is 44.0 Å². The molecule has 19 heavy (non-hydrogen) atoms. The second-order valence-electron chi connectivity index (χ2n) is 5.56. The minimum Gasteiger partial charge on any atom is -0.375 e. The van der Waals surface area contributed by atoms with Crippen LogP contribution in [-0.4, -0.2) is 37.3 Å². The first kappa shape index (κ1) is 14.3. The molecule has 0 aliphatic carbocycles. The van der Waals surface area contributed by atoms with Gasteiger partial charge in [-0.25, -0.2) is 4.98 Å². The smallest absolute Gasteiger partial charge is 0.134 e. The van der Waals surface area contributed by atoms with Crippen LogP contribution in [0.15, 0.2) is 6.07 Å². The summed E-state index contributed by atoms with van der Waals surface area (Å²) < 4.78 is 5.72. The molecule has 2 atom stereocenters. The van der Waals surface area contributed by atoms with E-state index >= 15 is 0 Å². The minimum absolute atomic E-state index is 0.265. The summed E-state index contributed by atoms with van der Waals surface area (Å²) in [6.07, 6.45) is 0.265. The van der Waals surface area contributed by atoms with Crippen molar-refractivity contribution in [3.63, 3.8) is 0 Å². The quantitative estimate of drug-likeness (QED) is 0.905. The Morgan fingerprint density at radius 2 is 2.16 bits per heavy atom. The zero-order valence-electron chi connectivity index (χ0n) is 12.7.